The van der Waals surface area contributed by atoms with E-state index >= 15 is 0 Å². The first kappa shape index (κ1) is 8.10. The van der Waals surface area contributed by atoms with Gasteiger partial charge < -0.3 is 9.64 Å². The van der Waals surface area contributed by atoms with Crippen LogP contribution in [0.3, 0.4) is 0 Å². The molecular formula is C10H11NO2. The molecule has 0 aromatic heterocycles. The van der Waals surface area contributed by atoms with Gasteiger partial charge in [-0.1, -0.05) is 12.1 Å². The number of nitrogens with zero attached hydrogens (tertiary/aromatic N) is 1. The zero-order chi connectivity index (χ0) is 9.10. The van der Waals surface area contributed by atoms with Gasteiger partial charge in [-0.05, 0) is 18.6 Å². The average Bonchev–Trinajstić information content (AvgIpc) is 2.39. The minimum Gasteiger partial charge on any atom is -0.491 e. The third kappa shape index (κ3) is 1.49. The summed E-state index contributed by atoms with van der Waals surface area (Å²) >= 11 is 0. The second-order valence-corrected chi connectivity index (χ2v) is 2.97. The van der Waals surface area contributed by atoms with Crippen LogP contribution < -0.4 is 9.64 Å². The number of amides is 1. The Hall–Kier alpha value is -1.51. The predicted octanol–water partition coefficient (Wildman–Crippen LogP) is 1.43. The monoisotopic (exact) mass is 177 g/mol. The van der Waals surface area contributed by atoms with E-state index in [1.54, 1.807) is 4.90 Å². The van der Waals surface area contributed by atoms with Crippen LogP contribution in [0.1, 0.15) is 6.42 Å². The van der Waals surface area contributed by atoms with Crippen LogP contribution in [0.15, 0.2) is 24.3 Å². The van der Waals surface area contributed by atoms with Crippen molar-refractivity contribution < 1.29 is 9.53 Å². The van der Waals surface area contributed by atoms with Crippen molar-refractivity contribution in [3.8, 4) is 5.75 Å². The fraction of sp³-hybridized carbons (Fsp3) is 0.300. The summed E-state index contributed by atoms with van der Waals surface area (Å²) in [4.78, 5) is 12.4. The molecule has 1 aromatic carbocycles. The van der Waals surface area contributed by atoms with Crippen molar-refractivity contribution in [2.45, 2.75) is 6.42 Å². The van der Waals surface area contributed by atoms with E-state index in [1.807, 2.05) is 24.3 Å². The number of para-hydroxylation sites is 2. The lowest BCUT2D eigenvalue weighted by molar-refractivity contribution is -0.107. The van der Waals surface area contributed by atoms with Gasteiger partial charge >= 0.3 is 0 Å². The Kier molecular flexibility index (Phi) is 2.17. The number of benzene rings is 1. The maximum Gasteiger partial charge on any atom is 0.214 e. The number of carbonyl (C=O) groups is 1. The second-order valence-electron chi connectivity index (χ2n) is 2.97. The number of hydrogen-bond donors (Lipinski definition) is 0. The van der Waals surface area contributed by atoms with Crippen LogP contribution in [0, 0.1) is 0 Å². The van der Waals surface area contributed by atoms with Crippen LogP contribution in [0.4, 0.5) is 5.69 Å². The summed E-state index contributed by atoms with van der Waals surface area (Å²) in [7, 11) is 0. The molecule has 68 valence electrons. The standard InChI is InChI=1S/C10H11NO2/c12-8-11-6-3-7-13-10-5-2-1-4-9(10)11/h1-2,4-5,8H,3,6-7H2. The summed E-state index contributed by atoms with van der Waals surface area (Å²) in [5.41, 5.74) is 0.870. The number of fused-ring (bicyclic) bond motifs is 1. The number of rotatable bonds is 1. The Bertz CT molecular complexity index is 312. The van der Waals surface area contributed by atoms with Gasteiger partial charge in [0.1, 0.15) is 5.75 Å². The molecule has 2 rings (SSSR count). The molecule has 3 heteroatoms. The third-order valence-corrected chi connectivity index (χ3v) is 2.10. The SMILES string of the molecule is O=CN1CCCOc2ccccc21. The normalized spacial score (nSPS) is 15.5. The van der Waals surface area contributed by atoms with Crippen LogP contribution in [-0.4, -0.2) is 19.6 Å². The molecule has 0 aliphatic carbocycles. The van der Waals surface area contributed by atoms with Gasteiger partial charge in [0.05, 0.1) is 12.3 Å². The van der Waals surface area contributed by atoms with Gasteiger partial charge in [-0.2, -0.15) is 0 Å². The van der Waals surface area contributed by atoms with Crippen LogP contribution in [0.25, 0.3) is 0 Å². The van der Waals surface area contributed by atoms with Crippen molar-refractivity contribution in [2.75, 3.05) is 18.1 Å². The fourth-order valence-electron chi connectivity index (χ4n) is 1.46. The molecule has 1 aliphatic rings. The highest BCUT2D eigenvalue weighted by molar-refractivity contribution is 5.78. The van der Waals surface area contributed by atoms with Gasteiger partial charge in [-0.3, -0.25) is 4.79 Å². The largest absolute Gasteiger partial charge is 0.491 e. The summed E-state index contributed by atoms with van der Waals surface area (Å²) in [5, 5.41) is 0. The molecule has 0 radical (unpaired) electrons. The van der Waals surface area contributed by atoms with Crippen molar-refractivity contribution >= 4 is 12.1 Å². The highest BCUT2D eigenvalue weighted by atomic mass is 16.5. The van der Waals surface area contributed by atoms with Crippen molar-refractivity contribution in [2.24, 2.45) is 0 Å². The molecule has 1 heterocycles. The predicted molar refractivity (Wildman–Crippen MR) is 50.0 cm³/mol. The lowest BCUT2D eigenvalue weighted by atomic mass is 10.3. The van der Waals surface area contributed by atoms with Gasteiger partial charge in [0.2, 0.25) is 6.41 Å². The third-order valence-electron chi connectivity index (χ3n) is 2.10. The molecule has 0 bridgehead atoms. The molecule has 1 amide bonds. The first-order valence-electron chi connectivity index (χ1n) is 4.35. The van der Waals surface area contributed by atoms with Crippen LogP contribution in [0.5, 0.6) is 5.75 Å². The van der Waals surface area contributed by atoms with Gasteiger partial charge in [0.25, 0.3) is 0 Å². The summed E-state index contributed by atoms with van der Waals surface area (Å²) in [5.74, 6) is 0.798. The zero-order valence-electron chi connectivity index (χ0n) is 7.27. The van der Waals surface area contributed by atoms with Crippen molar-refractivity contribution in [3.63, 3.8) is 0 Å². The Labute approximate surface area is 76.9 Å². The Morgan fingerprint density at radius 1 is 1.38 bits per heavy atom. The van der Waals surface area contributed by atoms with E-state index in [1.165, 1.54) is 0 Å². The Balaban J connectivity index is 2.41. The minimum absolute atomic E-state index is 0.682. The first-order chi connectivity index (χ1) is 6.42. The Morgan fingerprint density at radius 3 is 3.08 bits per heavy atom. The van der Waals surface area contributed by atoms with Crippen LogP contribution in [0.2, 0.25) is 0 Å². The summed E-state index contributed by atoms with van der Waals surface area (Å²) in [6, 6.07) is 7.60. The van der Waals surface area contributed by atoms with E-state index < -0.39 is 0 Å². The molecule has 13 heavy (non-hydrogen) atoms. The molecule has 0 spiro atoms. The van der Waals surface area contributed by atoms with E-state index in [0.29, 0.717) is 6.61 Å². The quantitative estimate of drug-likeness (QED) is 0.607. The molecule has 0 fully saturated rings. The van der Waals surface area contributed by atoms with Gasteiger partial charge in [0, 0.05) is 6.54 Å². The molecule has 0 N–H and O–H groups in total. The number of hydrogen-bond acceptors (Lipinski definition) is 2. The van der Waals surface area contributed by atoms with Crippen LogP contribution >= 0.6 is 0 Å². The zero-order valence-corrected chi connectivity index (χ0v) is 7.27. The molecule has 1 aromatic rings. The topological polar surface area (TPSA) is 29.5 Å². The summed E-state index contributed by atoms with van der Waals surface area (Å²) < 4.78 is 5.48. The second kappa shape index (κ2) is 3.47. The highest BCUT2D eigenvalue weighted by Crippen LogP contribution is 2.29. The number of ether oxygens (including phenoxy) is 1. The van der Waals surface area contributed by atoms with E-state index in [9.17, 15) is 4.79 Å². The average molecular weight is 177 g/mol. The maximum atomic E-state index is 10.7. The van der Waals surface area contributed by atoms with Gasteiger partial charge in [0.15, 0.2) is 0 Å². The highest BCUT2D eigenvalue weighted by Gasteiger charge is 2.14. The van der Waals surface area contributed by atoms with E-state index in [-0.39, 0.29) is 0 Å². The Morgan fingerprint density at radius 2 is 2.23 bits per heavy atom. The molecule has 0 saturated carbocycles. The number of anilines is 1. The minimum atomic E-state index is 0.682. The van der Waals surface area contributed by atoms with Crippen molar-refractivity contribution in [1.82, 2.24) is 0 Å². The molecular weight excluding hydrogens is 166 g/mol. The molecule has 0 atom stereocenters. The van der Waals surface area contributed by atoms with E-state index in [2.05, 4.69) is 0 Å². The maximum absolute atomic E-state index is 10.7. The smallest absolute Gasteiger partial charge is 0.214 e. The van der Waals surface area contributed by atoms with Crippen molar-refractivity contribution in [3.05, 3.63) is 24.3 Å². The van der Waals surface area contributed by atoms with Gasteiger partial charge in [-0.15, -0.1) is 0 Å². The lowest BCUT2D eigenvalue weighted by Gasteiger charge is -2.15. The molecule has 0 unspecified atom stereocenters. The molecule has 3 nitrogen and oxygen atoms in total. The lowest BCUT2D eigenvalue weighted by Crippen LogP contribution is -2.21. The number of carbonyl (C=O) groups excluding carboxylic acids is 1. The fourth-order valence-corrected chi connectivity index (χ4v) is 1.46. The van der Waals surface area contributed by atoms with Crippen molar-refractivity contribution in [1.29, 1.82) is 0 Å². The molecule has 1 aliphatic heterocycles. The first-order valence-corrected chi connectivity index (χ1v) is 4.35. The summed E-state index contributed by atoms with van der Waals surface area (Å²) in [6.45, 7) is 1.42. The van der Waals surface area contributed by atoms with Gasteiger partial charge in [-0.25, -0.2) is 0 Å². The van der Waals surface area contributed by atoms with Crippen LogP contribution in [-0.2, 0) is 4.79 Å². The molecule has 0 saturated heterocycles. The van der Waals surface area contributed by atoms with E-state index in [4.69, 9.17) is 4.74 Å². The van der Waals surface area contributed by atoms with E-state index in [0.717, 1.165) is 30.8 Å². The summed E-state index contributed by atoms with van der Waals surface area (Å²) in [6.07, 6.45) is 1.74.